The molecule has 0 aliphatic carbocycles. The van der Waals surface area contributed by atoms with E-state index in [-0.39, 0.29) is 24.7 Å². The SMILES string of the molecule is CCOC(=O)c1cc(COc2ccc(-c3cc(F)c(F)cc3OC)cc2)ccn1. The van der Waals surface area contributed by atoms with Crippen molar-refractivity contribution in [3.63, 3.8) is 0 Å². The number of aromatic nitrogens is 1. The molecular weight excluding hydrogens is 380 g/mol. The van der Waals surface area contributed by atoms with Crippen molar-refractivity contribution < 1.29 is 27.8 Å². The van der Waals surface area contributed by atoms with Crippen molar-refractivity contribution >= 4 is 5.97 Å². The maximum Gasteiger partial charge on any atom is 0.356 e. The van der Waals surface area contributed by atoms with Gasteiger partial charge in [-0.3, -0.25) is 0 Å². The molecule has 0 bridgehead atoms. The van der Waals surface area contributed by atoms with Crippen LogP contribution in [0.3, 0.4) is 0 Å². The number of carbonyl (C=O) groups is 1. The van der Waals surface area contributed by atoms with E-state index in [0.717, 1.165) is 17.7 Å². The second kappa shape index (κ2) is 9.14. The van der Waals surface area contributed by atoms with Crippen LogP contribution in [-0.2, 0) is 11.3 Å². The first kappa shape index (κ1) is 20.3. The Morgan fingerprint density at radius 1 is 1.03 bits per heavy atom. The van der Waals surface area contributed by atoms with Crippen molar-refractivity contribution in [1.82, 2.24) is 4.98 Å². The molecule has 0 fully saturated rings. The molecule has 0 N–H and O–H groups in total. The molecule has 3 rings (SSSR count). The quantitative estimate of drug-likeness (QED) is 0.535. The zero-order valence-electron chi connectivity index (χ0n) is 15.9. The van der Waals surface area contributed by atoms with Crippen molar-refractivity contribution in [1.29, 1.82) is 0 Å². The molecule has 0 saturated carbocycles. The lowest BCUT2D eigenvalue weighted by molar-refractivity contribution is 0.0519. The van der Waals surface area contributed by atoms with E-state index in [2.05, 4.69) is 4.98 Å². The fourth-order valence-corrected chi connectivity index (χ4v) is 2.70. The normalized spacial score (nSPS) is 10.5. The fraction of sp³-hybridized carbons (Fsp3) is 0.182. The number of pyridine rings is 1. The molecule has 0 saturated heterocycles. The Morgan fingerprint density at radius 2 is 1.76 bits per heavy atom. The molecule has 2 aromatic carbocycles. The summed E-state index contributed by atoms with van der Waals surface area (Å²) in [4.78, 5) is 15.7. The van der Waals surface area contributed by atoms with Crippen molar-refractivity contribution in [2.24, 2.45) is 0 Å². The predicted molar refractivity (Wildman–Crippen MR) is 103 cm³/mol. The van der Waals surface area contributed by atoms with Crippen LogP contribution >= 0.6 is 0 Å². The summed E-state index contributed by atoms with van der Waals surface area (Å²) in [6.45, 7) is 2.23. The van der Waals surface area contributed by atoms with Crippen LogP contribution in [0.1, 0.15) is 23.0 Å². The van der Waals surface area contributed by atoms with Crippen LogP contribution in [-0.4, -0.2) is 24.7 Å². The minimum absolute atomic E-state index is 0.216. The number of hydrogen-bond acceptors (Lipinski definition) is 5. The summed E-state index contributed by atoms with van der Waals surface area (Å²) < 4.78 is 42.8. The molecule has 0 unspecified atom stereocenters. The van der Waals surface area contributed by atoms with Crippen molar-refractivity contribution in [3.05, 3.63) is 77.6 Å². The van der Waals surface area contributed by atoms with Crippen molar-refractivity contribution in [2.75, 3.05) is 13.7 Å². The third-order valence-electron chi connectivity index (χ3n) is 4.12. The Balaban J connectivity index is 1.71. The summed E-state index contributed by atoms with van der Waals surface area (Å²) >= 11 is 0. The molecule has 3 aromatic rings. The molecule has 0 spiro atoms. The van der Waals surface area contributed by atoms with E-state index in [9.17, 15) is 13.6 Å². The highest BCUT2D eigenvalue weighted by molar-refractivity contribution is 5.87. The van der Waals surface area contributed by atoms with Crippen LogP contribution in [0.25, 0.3) is 11.1 Å². The van der Waals surface area contributed by atoms with Gasteiger partial charge in [0.1, 0.15) is 23.8 Å². The van der Waals surface area contributed by atoms with Gasteiger partial charge in [0, 0.05) is 17.8 Å². The summed E-state index contributed by atoms with van der Waals surface area (Å²) in [5, 5.41) is 0. The number of benzene rings is 2. The van der Waals surface area contributed by atoms with Gasteiger partial charge >= 0.3 is 5.97 Å². The van der Waals surface area contributed by atoms with Crippen molar-refractivity contribution in [3.8, 4) is 22.6 Å². The number of hydrogen-bond donors (Lipinski definition) is 0. The molecule has 0 atom stereocenters. The van der Waals surface area contributed by atoms with E-state index in [4.69, 9.17) is 14.2 Å². The first-order chi connectivity index (χ1) is 14.0. The van der Waals surface area contributed by atoms with Crippen LogP contribution in [0.15, 0.2) is 54.7 Å². The van der Waals surface area contributed by atoms with Gasteiger partial charge in [-0.15, -0.1) is 0 Å². The van der Waals surface area contributed by atoms with Crippen LogP contribution in [0.5, 0.6) is 11.5 Å². The zero-order chi connectivity index (χ0) is 20.8. The number of carbonyl (C=O) groups excluding carboxylic acids is 1. The number of rotatable bonds is 7. The highest BCUT2D eigenvalue weighted by Gasteiger charge is 2.13. The molecule has 29 heavy (non-hydrogen) atoms. The molecule has 7 heteroatoms. The number of halogens is 2. The van der Waals surface area contributed by atoms with Crippen LogP contribution in [0.4, 0.5) is 8.78 Å². The third kappa shape index (κ3) is 4.87. The lowest BCUT2D eigenvalue weighted by Crippen LogP contribution is -2.08. The largest absolute Gasteiger partial charge is 0.496 e. The maximum absolute atomic E-state index is 13.6. The van der Waals surface area contributed by atoms with Gasteiger partial charge in [-0.1, -0.05) is 12.1 Å². The van der Waals surface area contributed by atoms with Gasteiger partial charge < -0.3 is 14.2 Å². The number of esters is 1. The Labute approximate surface area is 166 Å². The molecule has 0 aliphatic heterocycles. The average Bonchev–Trinajstić information content (AvgIpc) is 2.74. The zero-order valence-corrected chi connectivity index (χ0v) is 15.9. The molecule has 0 radical (unpaired) electrons. The van der Waals surface area contributed by atoms with Crippen LogP contribution in [0, 0.1) is 11.6 Å². The number of nitrogens with zero attached hydrogens (tertiary/aromatic N) is 1. The van der Waals surface area contributed by atoms with E-state index in [1.165, 1.54) is 13.3 Å². The van der Waals surface area contributed by atoms with Crippen LogP contribution < -0.4 is 9.47 Å². The smallest absolute Gasteiger partial charge is 0.356 e. The topological polar surface area (TPSA) is 57.7 Å². The predicted octanol–water partition coefficient (Wildman–Crippen LogP) is 4.79. The molecule has 0 amide bonds. The van der Waals surface area contributed by atoms with Gasteiger partial charge in [0.15, 0.2) is 11.6 Å². The lowest BCUT2D eigenvalue weighted by atomic mass is 10.0. The van der Waals surface area contributed by atoms with Gasteiger partial charge in [-0.05, 0) is 48.4 Å². The summed E-state index contributed by atoms with van der Waals surface area (Å²) in [7, 11) is 1.40. The van der Waals surface area contributed by atoms with Gasteiger partial charge in [0.2, 0.25) is 0 Å². The first-order valence-corrected chi connectivity index (χ1v) is 8.90. The Bertz CT molecular complexity index is 1010. The second-order valence-electron chi connectivity index (χ2n) is 6.05. The number of methoxy groups -OCH3 is 1. The number of ether oxygens (including phenoxy) is 3. The van der Waals surface area contributed by atoms with Gasteiger partial charge in [0.05, 0.1) is 13.7 Å². The minimum atomic E-state index is -0.968. The highest BCUT2D eigenvalue weighted by atomic mass is 19.2. The Kier molecular flexibility index (Phi) is 6.39. The fourth-order valence-electron chi connectivity index (χ4n) is 2.70. The monoisotopic (exact) mass is 399 g/mol. The highest BCUT2D eigenvalue weighted by Crippen LogP contribution is 2.33. The van der Waals surface area contributed by atoms with E-state index in [1.54, 1.807) is 43.3 Å². The Morgan fingerprint density at radius 3 is 2.45 bits per heavy atom. The summed E-state index contributed by atoms with van der Waals surface area (Å²) in [6.07, 6.45) is 1.52. The van der Waals surface area contributed by atoms with E-state index in [1.807, 2.05) is 0 Å². The average molecular weight is 399 g/mol. The lowest BCUT2D eigenvalue weighted by Gasteiger charge is -2.11. The van der Waals surface area contributed by atoms with Gasteiger partial charge in [0.25, 0.3) is 0 Å². The molecule has 150 valence electrons. The van der Waals surface area contributed by atoms with E-state index >= 15 is 0 Å². The molecule has 1 heterocycles. The van der Waals surface area contributed by atoms with E-state index < -0.39 is 17.6 Å². The third-order valence-corrected chi connectivity index (χ3v) is 4.12. The Hall–Kier alpha value is -3.48. The van der Waals surface area contributed by atoms with Crippen LogP contribution in [0.2, 0.25) is 0 Å². The minimum Gasteiger partial charge on any atom is -0.496 e. The summed E-state index contributed by atoms with van der Waals surface area (Å²) in [5.74, 6) is -1.59. The molecular formula is C22H19F2NO4. The summed E-state index contributed by atoms with van der Waals surface area (Å²) in [6, 6.07) is 12.3. The van der Waals surface area contributed by atoms with E-state index in [0.29, 0.717) is 16.9 Å². The molecule has 0 aliphatic rings. The van der Waals surface area contributed by atoms with Crippen molar-refractivity contribution in [2.45, 2.75) is 13.5 Å². The summed E-state index contributed by atoms with van der Waals surface area (Å²) in [5.41, 5.74) is 2.07. The second-order valence-corrected chi connectivity index (χ2v) is 6.05. The molecule has 5 nitrogen and oxygen atoms in total. The first-order valence-electron chi connectivity index (χ1n) is 8.90. The maximum atomic E-state index is 13.6. The van der Waals surface area contributed by atoms with Gasteiger partial charge in [-0.2, -0.15) is 0 Å². The molecule has 1 aromatic heterocycles. The standard InChI is InChI=1S/C22H19F2NO4/c1-3-28-22(26)20-10-14(8-9-25-20)13-29-16-6-4-15(5-7-16)17-11-18(23)19(24)12-21(17)27-2/h4-12H,3,13H2,1-2H3. The van der Waals surface area contributed by atoms with Gasteiger partial charge in [-0.25, -0.2) is 18.6 Å².